The fraction of sp³-hybridized carbons (Fsp3) is 0.533. The van der Waals surface area contributed by atoms with E-state index in [0.717, 1.165) is 36.7 Å². The number of nitrogens with zero attached hydrogens (tertiary/aromatic N) is 1. The normalized spacial score (nSPS) is 19.6. The number of nitrogens with two attached hydrogens (primary N) is 1. The number of hydrogen-bond acceptors (Lipinski definition) is 2. The molecule has 1 fully saturated rings. The monoisotopic (exact) mass is 360 g/mol. The smallest absolute Gasteiger partial charge is 0.239 e. The summed E-state index contributed by atoms with van der Waals surface area (Å²) in [4.78, 5) is 14.4. The van der Waals surface area contributed by atoms with Crippen molar-refractivity contribution in [2.75, 3.05) is 6.54 Å². The van der Waals surface area contributed by atoms with Gasteiger partial charge in [-0.1, -0.05) is 41.4 Å². The van der Waals surface area contributed by atoms with Gasteiger partial charge in [0.15, 0.2) is 0 Å². The molecule has 5 heteroatoms. The molecular formula is C15H22BrClN2O. The minimum Gasteiger partial charge on any atom is -0.334 e. The molecule has 0 spiro atoms. The van der Waals surface area contributed by atoms with E-state index in [-0.39, 0.29) is 30.4 Å². The summed E-state index contributed by atoms with van der Waals surface area (Å²) in [5.74, 6) is 0.101. The van der Waals surface area contributed by atoms with Crippen molar-refractivity contribution in [2.45, 2.75) is 44.7 Å². The molecule has 1 aliphatic rings. The molecule has 1 aromatic carbocycles. The van der Waals surface area contributed by atoms with Gasteiger partial charge in [0.05, 0.1) is 12.1 Å². The van der Waals surface area contributed by atoms with Crippen LogP contribution in [0.1, 0.15) is 44.2 Å². The van der Waals surface area contributed by atoms with E-state index in [2.05, 4.69) is 35.0 Å². The third-order valence-corrected chi connectivity index (χ3v) is 4.18. The van der Waals surface area contributed by atoms with Crippen LogP contribution in [0.2, 0.25) is 0 Å². The minimum atomic E-state index is -0.349. The lowest BCUT2D eigenvalue weighted by Gasteiger charge is -2.27. The standard InChI is InChI=1S/C15H21BrN2O.ClH/c1-2-5-13(17)15(19)18-9-4-8-14(18)11-6-3-7-12(16)10-11;/h3,6-7,10,13-14H,2,4-5,8-9,17H2,1H3;1H. The van der Waals surface area contributed by atoms with Gasteiger partial charge in [-0.3, -0.25) is 4.79 Å². The number of rotatable bonds is 4. The highest BCUT2D eigenvalue weighted by molar-refractivity contribution is 9.10. The Balaban J connectivity index is 0.00000200. The first-order valence-electron chi connectivity index (χ1n) is 6.95. The summed E-state index contributed by atoms with van der Waals surface area (Å²) in [5.41, 5.74) is 7.18. The SMILES string of the molecule is CCCC(N)C(=O)N1CCCC1c1cccc(Br)c1.Cl. The van der Waals surface area contributed by atoms with E-state index in [1.807, 2.05) is 17.0 Å². The molecule has 0 saturated carbocycles. The average Bonchev–Trinajstić information content (AvgIpc) is 2.87. The van der Waals surface area contributed by atoms with Crippen molar-refractivity contribution < 1.29 is 4.79 Å². The molecule has 1 heterocycles. The number of benzene rings is 1. The fourth-order valence-corrected chi connectivity index (χ4v) is 3.16. The lowest BCUT2D eigenvalue weighted by atomic mass is 10.0. The van der Waals surface area contributed by atoms with E-state index >= 15 is 0 Å². The van der Waals surface area contributed by atoms with Crippen molar-refractivity contribution in [1.29, 1.82) is 0 Å². The van der Waals surface area contributed by atoms with Crippen LogP contribution < -0.4 is 5.73 Å². The molecule has 2 atom stereocenters. The summed E-state index contributed by atoms with van der Waals surface area (Å²) in [6, 6.07) is 8.05. The molecule has 2 unspecified atom stereocenters. The van der Waals surface area contributed by atoms with Gasteiger partial charge >= 0.3 is 0 Å². The number of halogens is 2. The zero-order valence-corrected chi connectivity index (χ0v) is 14.1. The quantitative estimate of drug-likeness (QED) is 0.889. The van der Waals surface area contributed by atoms with Crippen LogP contribution in [0.15, 0.2) is 28.7 Å². The molecule has 1 aliphatic heterocycles. The van der Waals surface area contributed by atoms with Crippen molar-refractivity contribution in [2.24, 2.45) is 5.73 Å². The van der Waals surface area contributed by atoms with Crippen molar-refractivity contribution >= 4 is 34.2 Å². The Bertz CT molecular complexity index is 455. The molecule has 0 aromatic heterocycles. The van der Waals surface area contributed by atoms with E-state index < -0.39 is 0 Å². The summed E-state index contributed by atoms with van der Waals surface area (Å²) in [7, 11) is 0. The van der Waals surface area contributed by atoms with Gasteiger partial charge in [-0.2, -0.15) is 0 Å². The van der Waals surface area contributed by atoms with Crippen molar-refractivity contribution in [1.82, 2.24) is 4.90 Å². The molecule has 2 N–H and O–H groups in total. The number of carbonyl (C=O) groups is 1. The molecule has 0 bridgehead atoms. The molecule has 1 aromatic rings. The van der Waals surface area contributed by atoms with Crippen LogP contribution in [0, 0.1) is 0 Å². The molecule has 0 aliphatic carbocycles. The Kier molecular flexibility index (Phi) is 7.00. The van der Waals surface area contributed by atoms with Crippen LogP contribution in [-0.2, 0) is 4.79 Å². The predicted molar refractivity (Wildman–Crippen MR) is 88.0 cm³/mol. The van der Waals surface area contributed by atoms with E-state index in [4.69, 9.17) is 5.73 Å². The third kappa shape index (κ3) is 3.96. The summed E-state index contributed by atoms with van der Waals surface area (Å²) in [5, 5.41) is 0. The Morgan fingerprint density at radius 3 is 2.95 bits per heavy atom. The zero-order valence-electron chi connectivity index (χ0n) is 11.7. The van der Waals surface area contributed by atoms with Gasteiger partial charge < -0.3 is 10.6 Å². The second-order valence-corrected chi connectivity index (χ2v) is 6.06. The first kappa shape index (κ1) is 17.5. The first-order chi connectivity index (χ1) is 9.13. The van der Waals surface area contributed by atoms with Crippen LogP contribution in [-0.4, -0.2) is 23.4 Å². The van der Waals surface area contributed by atoms with E-state index in [1.54, 1.807) is 0 Å². The number of amides is 1. The van der Waals surface area contributed by atoms with Crippen molar-refractivity contribution in [3.05, 3.63) is 34.3 Å². The number of likely N-dealkylation sites (tertiary alicyclic amines) is 1. The van der Waals surface area contributed by atoms with Gasteiger partial charge in [0.2, 0.25) is 5.91 Å². The zero-order chi connectivity index (χ0) is 13.8. The van der Waals surface area contributed by atoms with Crippen molar-refractivity contribution in [3.8, 4) is 0 Å². The van der Waals surface area contributed by atoms with Gasteiger partial charge in [0.25, 0.3) is 0 Å². The highest BCUT2D eigenvalue weighted by Crippen LogP contribution is 2.33. The van der Waals surface area contributed by atoms with Gasteiger partial charge in [-0.25, -0.2) is 0 Å². The summed E-state index contributed by atoms with van der Waals surface area (Å²) in [6.07, 6.45) is 3.80. The maximum atomic E-state index is 12.4. The van der Waals surface area contributed by atoms with Gasteiger partial charge in [-0.15, -0.1) is 12.4 Å². The number of carbonyl (C=O) groups excluding carboxylic acids is 1. The Morgan fingerprint density at radius 2 is 2.30 bits per heavy atom. The maximum absolute atomic E-state index is 12.4. The lowest BCUT2D eigenvalue weighted by molar-refractivity contribution is -0.133. The van der Waals surface area contributed by atoms with Crippen molar-refractivity contribution in [3.63, 3.8) is 0 Å². The molecule has 3 nitrogen and oxygen atoms in total. The summed E-state index contributed by atoms with van der Waals surface area (Å²) >= 11 is 3.49. The molecule has 112 valence electrons. The average molecular weight is 362 g/mol. The largest absolute Gasteiger partial charge is 0.334 e. The van der Waals surface area contributed by atoms with Gasteiger partial charge in [0, 0.05) is 11.0 Å². The predicted octanol–water partition coefficient (Wildman–Crippen LogP) is 3.66. The Morgan fingerprint density at radius 1 is 1.55 bits per heavy atom. The molecular weight excluding hydrogens is 340 g/mol. The molecule has 20 heavy (non-hydrogen) atoms. The third-order valence-electron chi connectivity index (χ3n) is 3.69. The van der Waals surface area contributed by atoms with Gasteiger partial charge in [-0.05, 0) is 37.0 Å². The molecule has 2 rings (SSSR count). The highest BCUT2D eigenvalue weighted by Gasteiger charge is 2.32. The second kappa shape index (κ2) is 8.01. The molecule has 1 amide bonds. The summed E-state index contributed by atoms with van der Waals surface area (Å²) in [6.45, 7) is 2.89. The summed E-state index contributed by atoms with van der Waals surface area (Å²) < 4.78 is 1.06. The van der Waals surface area contributed by atoms with Gasteiger partial charge in [0.1, 0.15) is 0 Å². The first-order valence-corrected chi connectivity index (χ1v) is 7.74. The number of hydrogen-bond donors (Lipinski definition) is 1. The van der Waals surface area contributed by atoms with E-state index in [0.29, 0.717) is 0 Å². The maximum Gasteiger partial charge on any atom is 0.239 e. The van der Waals surface area contributed by atoms with Crippen LogP contribution in [0.4, 0.5) is 0 Å². The van der Waals surface area contributed by atoms with Crippen LogP contribution in [0.25, 0.3) is 0 Å². The van der Waals surface area contributed by atoms with E-state index in [1.165, 1.54) is 5.56 Å². The van der Waals surface area contributed by atoms with E-state index in [9.17, 15) is 4.79 Å². The lowest BCUT2D eigenvalue weighted by Crippen LogP contribution is -2.43. The Labute approximate surface area is 135 Å². The minimum absolute atomic E-state index is 0. The van der Waals surface area contributed by atoms with Crippen LogP contribution >= 0.6 is 28.3 Å². The van der Waals surface area contributed by atoms with Crippen LogP contribution in [0.5, 0.6) is 0 Å². The second-order valence-electron chi connectivity index (χ2n) is 5.14. The topological polar surface area (TPSA) is 46.3 Å². The molecule has 0 radical (unpaired) electrons. The fourth-order valence-electron chi connectivity index (χ4n) is 2.74. The highest BCUT2D eigenvalue weighted by atomic mass is 79.9. The van der Waals surface area contributed by atoms with Crippen LogP contribution in [0.3, 0.4) is 0 Å². The molecule has 1 saturated heterocycles. The Hall–Kier alpha value is -0.580.